The summed E-state index contributed by atoms with van der Waals surface area (Å²) in [5.41, 5.74) is 7.40. The maximum atomic E-state index is 14.3. The lowest BCUT2D eigenvalue weighted by molar-refractivity contribution is 0.0967. The molecule has 2 atom stereocenters. The summed E-state index contributed by atoms with van der Waals surface area (Å²) in [5.74, 6) is -0.152. The highest BCUT2D eigenvalue weighted by molar-refractivity contribution is 7.12. The average Bonchev–Trinajstić information content (AvgIpc) is 3.70. The van der Waals surface area contributed by atoms with E-state index in [1.54, 1.807) is 33.6 Å². The first-order chi connectivity index (χ1) is 23.3. The summed E-state index contributed by atoms with van der Waals surface area (Å²) < 4.78 is 0. The highest BCUT2D eigenvalue weighted by Crippen LogP contribution is 2.45. The van der Waals surface area contributed by atoms with Gasteiger partial charge in [0.05, 0.1) is 21.8 Å². The lowest BCUT2D eigenvalue weighted by atomic mass is 10.0. The predicted octanol–water partition coefficient (Wildman–Crippen LogP) is 10.6. The van der Waals surface area contributed by atoms with Crippen molar-refractivity contribution >= 4 is 68.8 Å². The highest BCUT2D eigenvalue weighted by atomic mass is 35.5. The molecule has 48 heavy (non-hydrogen) atoms. The number of hydrogen-bond acceptors (Lipinski definition) is 6. The Morgan fingerprint density at radius 2 is 1.35 bits per heavy atom. The molecule has 0 aliphatic carbocycles. The van der Waals surface area contributed by atoms with Crippen molar-refractivity contribution in [2.75, 3.05) is 20.4 Å². The Hall–Kier alpha value is -4.89. The zero-order valence-corrected chi connectivity index (χ0v) is 28.8. The van der Waals surface area contributed by atoms with Crippen molar-refractivity contribution in [2.24, 2.45) is 0 Å². The van der Waals surface area contributed by atoms with Crippen LogP contribution in [0.2, 0.25) is 5.02 Å². The van der Waals surface area contributed by atoms with E-state index in [0.29, 0.717) is 21.8 Å². The van der Waals surface area contributed by atoms with Crippen molar-refractivity contribution in [3.8, 4) is 11.1 Å². The first-order valence-corrected chi connectivity index (χ1v) is 17.7. The molecule has 8 rings (SSSR count). The molecule has 0 saturated heterocycles. The number of thiophene rings is 2. The number of carbonyl (C=O) groups is 2. The van der Waals surface area contributed by atoms with Gasteiger partial charge < -0.3 is 10.6 Å². The number of hydrogen-bond donors (Lipinski definition) is 2. The number of fused-ring (bicyclic) bond motifs is 2. The molecule has 9 heteroatoms. The lowest BCUT2D eigenvalue weighted by Crippen LogP contribution is -2.43. The number of para-hydroxylation sites is 2. The van der Waals surface area contributed by atoms with Crippen molar-refractivity contribution in [1.29, 1.82) is 0 Å². The minimum Gasteiger partial charge on any atom is -0.360 e. The molecule has 2 N–H and O–H groups in total. The van der Waals surface area contributed by atoms with E-state index in [4.69, 9.17) is 11.6 Å². The smallest absolute Gasteiger partial charge is 0.262 e. The lowest BCUT2D eigenvalue weighted by Gasteiger charge is -2.38. The van der Waals surface area contributed by atoms with Crippen molar-refractivity contribution in [3.05, 3.63) is 150 Å². The molecular formula is C39H31ClN4O2S2. The molecule has 4 heterocycles. The predicted molar refractivity (Wildman–Crippen MR) is 199 cm³/mol. The van der Waals surface area contributed by atoms with E-state index in [2.05, 4.69) is 54.8 Å². The second-order valence-electron chi connectivity index (χ2n) is 12.1. The van der Waals surface area contributed by atoms with Crippen LogP contribution in [-0.2, 0) is 0 Å². The summed E-state index contributed by atoms with van der Waals surface area (Å²) in [4.78, 5) is 36.2. The highest BCUT2D eigenvalue weighted by Gasteiger charge is 2.37. The third-order valence-corrected chi connectivity index (χ3v) is 11.4. The molecule has 0 bridgehead atoms. The van der Waals surface area contributed by atoms with E-state index in [-0.39, 0.29) is 18.0 Å². The molecule has 0 fully saturated rings. The second-order valence-corrected chi connectivity index (χ2v) is 15.1. The van der Waals surface area contributed by atoms with Gasteiger partial charge in [0.2, 0.25) is 0 Å². The Morgan fingerprint density at radius 1 is 0.625 bits per heavy atom. The van der Waals surface area contributed by atoms with Gasteiger partial charge in [-0.1, -0.05) is 59.6 Å². The number of rotatable bonds is 5. The number of benzene rings is 4. The topological polar surface area (TPSA) is 64.7 Å². The number of halogens is 1. The number of amides is 2. The molecule has 2 aliphatic heterocycles. The Morgan fingerprint density at radius 3 is 2.15 bits per heavy atom. The molecule has 2 unspecified atom stereocenters. The standard InChI is InChI=1S/C39H31ClN4O2S2/c1-22-15-17-32-29(19-22)39(46)43(36(42-32)34-18-16-23(2)47-34)26-10-8-9-25(20-26)28-21-35(48-24(28)3)37-41-31-13-6-4-11-27(31)38(45)44(37)33-14-7-5-12-30(33)40/h4-21,36-37,41-42H,1-3H3. The van der Waals surface area contributed by atoms with Crippen LogP contribution in [0.1, 0.15) is 58.1 Å². The third-order valence-electron chi connectivity index (χ3n) is 8.89. The van der Waals surface area contributed by atoms with Gasteiger partial charge in [0.25, 0.3) is 11.8 Å². The van der Waals surface area contributed by atoms with Gasteiger partial charge in [-0.15, -0.1) is 22.7 Å². The van der Waals surface area contributed by atoms with Crippen LogP contribution in [0.4, 0.5) is 22.7 Å². The van der Waals surface area contributed by atoms with Crippen molar-refractivity contribution in [2.45, 2.75) is 33.1 Å². The zero-order valence-electron chi connectivity index (χ0n) is 26.5. The average molecular weight is 687 g/mol. The number of aryl methyl sites for hydroxylation is 3. The Kier molecular flexibility index (Phi) is 7.59. The summed E-state index contributed by atoms with van der Waals surface area (Å²) >= 11 is 10.0. The summed E-state index contributed by atoms with van der Waals surface area (Å²) in [6, 6.07) is 35.5. The number of nitrogens with one attached hydrogen (secondary N) is 2. The van der Waals surface area contributed by atoms with Gasteiger partial charge in [0.1, 0.15) is 12.3 Å². The number of nitrogens with zero attached hydrogens (tertiary/aromatic N) is 2. The molecule has 2 aromatic heterocycles. The van der Waals surface area contributed by atoms with Crippen LogP contribution in [0.25, 0.3) is 11.1 Å². The van der Waals surface area contributed by atoms with Crippen LogP contribution < -0.4 is 20.4 Å². The minimum absolute atomic E-state index is 0.0395. The van der Waals surface area contributed by atoms with Crippen LogP contribution in [0.3, 0.4) is 0 Å². The van der Waals surface area contributed by atoms with Gasteiger partial charge >= 0.3 is 0 Å². The van der Waals surface area contributed by atoms with Crippen LogP contribution in [0, 0.1) is 20.8 Å². The van der Waals surface area contributed by atoms with Gasteiger partial charge in [-0.3, -0.25) is 19.4 Å². The maximum absolute atomic E-state index is 14.3. The minimum atomic E-state index is -0.466. The molecule has 0 spiro atoms. The maximum Gasteiger partial charge on any atom is 0.262 e. The van der Waals surface area contributed by atoms with E-state index >= 15 is 0 Å². The number of anilines is 4. The number of carbonyl (C=O) groups excluding carboxylic acids is 2. The van der Waals surface area contributed by atoms with Gasteiger partial charge in [-0.2, -0.15) is 0 Å². The molecule has 2 amide bonds. The van der Waals surface area contributed by atoms with Gasteiger partial charge in [0.15, 0.2) is 0 Å². The normalized spacial score (nSPS) is 17.1. The quantitative estimate of drug-likeness (QED) is 0.189. The molecule has 6 nitrogen and oxygen atoms in total. The fourth-order valence-electron chi connectivity index (χ4n) is 6.58. The third kappa shape index (κ3) is 5.17. The monoisotopic (exact) mass is 686 g/mol. The SMILES string of the molecule is Cc1ccc2c(c1)C(=O)N(c1cccc(-c3cc(C4Nc5ccccc5C(=O)N4c4ccccc4Cl)sc3C)c1)C(c1ccc(C)s1)N2. The second kappa shape index (κ2) is 12.0. The van der Waals surface area contributed by atoms with Crippen LogP contribution >= 0.6 is 34.3 Å². The molecular weight excluding hydrogens is 656 g/mol. The van der Waals surface area contributed by atoms with E-state index in [9.17, 15) is 9.59 Å². The molecule has 0 saturated carbocycles. The zero-order chi connectivity index (χ0) is 33.1. The Bertz CT molecular complexity index is 2240. The Labute approximate surface area is 292 Å². The van der Waals surface area contributed by atoms with Crippen molar-refractivity contribution in [1.82, 2.24) is 0 Å². The van der Waals surface area contributed by atoms with Crippen molar-refractivity contribution < 1.29 is 9.59 Å². The van der Waals surface area contributed by atoms with Crippen LogP contribution in [-0.4, -0.2) is 11.8 Å². The molecule has 6 aromatic rings. The fourth-order valence-corrected chi connectivity index (χ4v) is 8.82. The summed E-state index contributed by atoms with van der Waals surface area (Å²) in [5, 5.41) is 7.77. The van der Waals surface area contributed by atoms with E-state index in [1.807, 2.05) is 84.6 Å². The summed E-state index contributed by atoms with van der Waals surface area (Å²) in [7, 11) is 0. The Balaban J connectivity index is 1.20. The molecule has 0 radical (unpaired) electrons. The van der Waals surface area contributed by atoms with Gasteiger partial charge in [-0.25, -0.2) is 0 Å². The fraction of sp³-hybridized carbons (Fsp3) is 0.128. The first-order valence-electron chi connectivity index (χ1n) is 15.7. The summed E-state index contributed by atoms with van der Waals surface area (Å²) in [6.07, 6.45) is -0.811. The summed E-state index contributed by atoms with van der Waals surface area (Å²) in [6.45, 7) is 6.18. The van der Waals surface area contributed by atoms with Crippen molar-refractivity contribution in [3.63, 3.8) is 0 Å². The van der Waals surface area contributed by atoms with E-state index < -0.39 is 6.17 Å². The van der Waals surface area contributed by atoms with E-state index in [1.165, 1.54) is 4.88 Å². The van der Waals surface area contributed by atoms with E-state index in [0.717, 1.165) is 48.4 Å². The van der Waals surface area contributed by atoms with Crippen LogP contribution in [0.15, 0.2) is 109 Å². The first kappa shape index (κ1) is 30.4. The molecule has 238 valence electrons. The van der Waals surface area contributed by atoms with Crippen LogP contribution in [0.5, 0.6) is 0 Å². The molecule has 2 aliphatic rings. The van der Waals surface area contributed by atoms with Gasteiger partial charge in [0, 0.05) is 36.6 Å². The largest absolute Gasteiger partial charge is 0.360 e. The van der Waals surface area contributed by atoms with Gasteiger partial charge in [-0.05, 0) is 98.6 Å². The molecule has 4 aromatic carbocycles.